The number of benzene rings is 1. The lowest BCUT2D eigenvalue weighted by Gasteiger charge is -2.12. The van der Waals surface area contributed by atoms with Crippen LogP contribution in [0.4, 0.5) is 0 Å². The quantitative estimate of drug-likeness (QED) is 0.618. The van der Waals surface area contributed by atoms with Gasteiger partial charge >= 0.3 is 0 Å². The molecule has 1 rings (SSSR count). The molecule has 4 heteroatoms. The summed E-state index contributed by atoms with van der Waals surface area (Å²) in [5.74, 6) is 0. The van der Waals surface area contributed by atoms with Crippen LogP contribution in [0.5, 0.6) is 0 Å². The van der Waals surface area contributed by atoms with E-state index in [1.807, 2.05) is 0 Å². The van der Waals surface area contributed by atoms with Crippen molar-refractivity contribution in [1.29, 1.82) is 0 Å². The van der Waals surface area contributed by atoms with Gasteiger partial charge in [-0.15, -0.1) is 0 Å². The Morgan fingerprint density at radius 1 is 1.17 bits per heavy atom. The molecule has 0 atom stereocenters. The Balaban J connectivity index is 3.53. The lowest BCUT2D eigenvalue weighted by atomic mass is 10.2. The monoisotopic (exact) mass is 185 g/mol. The smallest absolute Gasteiger partial charge is 0.124 e. The minimum atomic E-state index is -4.31. The molecule has 1 aromatic rings. The minimum Gasteiger partial charge on any atom is -0.744 e. The van der Waals surface area contributed by atoms with Gasteiger partial charge in [-0.2, -0.15) is 0 Å². The highest BCUT2D eigenvalue weighted by atomic mass is 32.2. The highest BCUT2D eigenvalue weighted by Gasteiger charge is 2.07. The van der Waals surface area contributed by atoms with Crippen LogP contribution in [0.15, 0.2) is 23.1 Å². The van der Waals surface area contributed by atoms with Gasteiger partial charge in [0.25, 0.3) is 0 Å². The van der Waals surface area contributed by atoms with E-state index in [0.717, 1.165) is 0 Å². The molecule has 0 amide bonds. The molecular weight excluding hydrogens is 176 g/mol. The van der Waals surface area contributed by atoms with E-state index in [4.69, 9.17) is 0 Å². The van der Waals surface area contributed by atoms with Gasteiger partial charge in [0.2, 0.25) is 0 Å². The summed E-state index contributed by atoms with van der Waals surface area (Å²) in [6.07, 6.45) is 0. The Hall–Kier alpha value is -0.870. The average Bonchev–Trinajstić information content (AvgIpc) is 1.82. The van der Waals surface area contributed by atoms with Gasteiger partial charge in [0.1, 0.15) is 10.1 Å². The predicted molar refractivity (Wildman–Crippen MR) is 43.9 cm³/mol. The SMILES string of the molecule is Cc1cccc(C)c1S(=O)(=O)[O-]. The summed E-state index contributed by atoms with van der Waals surface area (Å²) in [7, 11) is -4.31. The molecule has 12 heavy (non-hydrogen) atoms. The second kappa shape index (κ2) is 2.88. The Morgan fingerprint density at radius 2 is 1.58 bits per heavy atom. The zero-order valence-corrected chi connectivity index (χ0v) is 7.68. The van der Waals surface area contributed by atoms with E-state index in [1.165, 1.54) is 0 Å². The third kappa shape index (κ3) is 1.65. The van der Waals surface area contributed by atoms with Gasteiger partial charge in [-0.1, -0.05) is 18.2 Å². The van der Waals surface area contributed by atoms with E-state index in [1.54, 1.807) is 32.0 Å². The van der Waals surface area contributed by atoms with Gasteiger partial charge in [0.15, 0.2) is 0 Å². The third-order valence-electron chi connectivity index (χ3n) is 1.66. The first kappa shape index (κ1) is 9.22. The normalized spacial score (nSPS) is 11.6. The largest absolute Gasteiger partial charge is 0.744 e. The summed E-state index contributed by atoms with van der Waals surface area (Å²) in [5, 5.41) is 0. The summed E-state index contributed by atoms with van der Waals surface area (Å²) >= 11 is 0. The van der Waals surface area contributed by atoms with Crippen LogP contribution in [-0.4, -0.2) is 13.0 Å². The van der Waals surface area contributed by atoms with Crippen molar-refractivity contribution in [3.05, 3.63) is 29.3 Å². The molecule has 0 radical (unpaired) electrons. The fraction of sp³-hybridized carbons (Fsp3) is 0.250. The highest BCUT2D eigenvalue weighted by molar-refractivity contribution is 7.85. The summed E-state index contributed by atoms with van der Waals surface area (Å²) in [5.41, 5.74) is 1.01. The van der Waals surface area contributed by atoms with Crippen LogP contribution in [0, 0.1) is 13.8 Å². The number of aryl methyl sites for hydroxylation is 2. The molecule has 0 aromatic heterocycles. The van der Waals surface area contributed by atoms with Crippen molar-refractivity contribution in [3.8, 4) is 0 Å². The number of rotatable bonds is 1. The molecule has 1 aromatic carbocycles. The van der Waals surface area contributed by atoms with Crippen LogP contribution < -0.4 is 0 Å². The summed E-state index contributed by atoms with van der Waals surface area (Å²) in [4.78, 5) is -0.0926. The van der Waals surface area contributed by atoms with Crippen molar-refractivity contribution in [2.75, 3.05) is 0 Å². The van der Waals surface area contributed by atoms with Gasteiger partial charge < -0.3 is 4.55 Å². The first-order valence-electron chi connectivity index (χ1n) is 3.45. The van der Waals surface area contributed by atoms with Crippen LogP contribution in [-0.2, 0) is 10.1 Å². The maximum atomic E-state index is 10.7. The minimum absolute atomic E-state index is 0.0926. The second-order valence-electron chi connectivity index (χ2n) is 2.68. The van der Waals surface area contributed by atoms with Crippen molar-refractivity contribution in [2.24, 2.45) is 0 Å². The third-order valence-corrected chi connectivity index (χ3v) is 2.80. The van der Waals surface area contributed by atoms with Crippen molar-refractivity contribution in [2.45, 2.75) is 18.7 Å². The van der Waals surface area contributed by atoms with Gasteiger partial charge in [-0.25, -0.2) is 8.42 Å². The van der Waals surface area contributed by atoms with Crippen LogP contribution >= 0.6 is 0 Å². The van der Waals surface area contributed by atoms with Gasteiger partial charge in [0, 0.05) is 0 Å². The maximum Gasteiger partial charge on any atom is 0.124 e. The van der Waals surface area contributed by atoms with E-state index in [-0.39, 0.29) is 4.90 Å². The van der Waals surface area contributed by atoms with Gasteiger partial charge in [-0.3, -0.25) is 0 Å². The second-order valence-corrected chi connectivity index (χ2v) is 3.99. The molecule has 0 heterocycles. The molecule has 0 aliphatic rings. The number of hydrogen-bond donors (Lipinski definition) is 0. The molecular formula is C8H9O3S-. The molecule has 0 saturated heterocycles. The van der Waals surface area contributed by atoms with E-state index in [0.29, 0.717) is 11.1 Å². The number of hydrogen-bond acceptors (Lipinski definition) is 3. The molecule has 0 aliphatic carbocycles. The van der Waals surface area contributed by atoms with Crippen LogP contribution in [0.25, 0.3) is 0 Å². The molecule has 0 aliphatic heterocycles. The van der Waals surface area contributed by atoms with Crippen LogP contribution in [0.3, 0.4) is 0 Å². The van der Waals surface area contributed by atoms with E-state index >= 15 is 0 Å². The first-order valence-corrected chi connectivity index (χ1v) is 4.86. The molecule has 0 saturated carbocycles. The zero-order chi connectivity index (χ0) is 9.35. The summed E-state index contributed by atoms with van der Waals surface area (Å²) in [6.45, 7) is 3.22. The van der Waals surface area contributed by atoms with E-state index < -0.39 is 10.1 Å². The molecule has 0 N–H and O–H groups in total. The van der Waals surface area contributed by atoms with Crippen molar-refractivity contribution >= 4 is 10.1 Å². The molecule has 0 spiro atoms. The molecule has 0 unspecified atom stereocenters. The molecule has 0 bridgehead atoms. The van der Waals surface area contributed by atoms with Crippen LogP contribution in [0.2, 0.25) is 0 Å². The standard InChI is InChI=1S/C8H10O3S/c1-6-4-3-5-7(2)8(6)12(9,10)11/h3-5H,1-2H3,(H,9,10,11)/p-1. The summed E-state index contributed by atoms with van der Waals surface area (Å²) < 4.78 is 32.2. The fourth-order valence-corrected chi connectivity index (χ4v) is 2.12. The predicted octanol–water partition coefficient (Wildman–Crippen LogP) is 1.21. The Kier molecular flexibility index (Phi) is 2.21. The van der Waals surface area contributed by atoms with Crippen LogP contribution in [0.1, 0.15) is 11.1 Å². The van der Waals surface area contributed by atoms with E-state index in [9.17, 15) is 13.0 Å². The Labute approximate surface area is 71.8 Å². The molecule has 3 nitrogen and oxygen atoms in total. The van der Waals surface area contributed by atoms with Gasteiger partial charge in [0.05, 0.1) is 4.90 Å². The zero-order valence-electron chi connectivity index (χ0n) is 6.87. The van der Waals surface area contributed by atoms with E-state index in [2.05, 4.69) is 0 Å². The fourth-order valence-electron chi connectivity index (χ4n) is 1.19. The topological polar surface area (TPSA) is 57.2 Å². The highest BCUT2D eigenvalue weighted by Crippen LogP contribution is 2.18. The first-order chi connectivity index (χ1) is 5.43. The lowest BCUT2D eigenvalue weighted by molar-refractivity contribution is 0.462. The Morgan fingerprint density at radius 3 is 1.83 bits per heavy atom. The maximum absolute atomic E-state index is 10.7. The van der Waals surface area contributed by atoms with Crippen molar-refractivity contribution in [1.82, 2.24) is 0 Å². The Bertz CT molecular complexity index is 373. The molecule has 0 fully saturated rings. The van der Waals surface area contributed by atoms with Gasteiger partial charge in [-0.05, 0) is 25.0 Å². The average molecular weight is 185 g/mol. The van der Waals surface area contributed by atoms with Crippen molar-refractivity contribution < 1.29 is 13.0 Å². The lowest BCUT2D eigenvalue weighted by Crippen LogP contribution is -2.03. The molecule has 66 valence electrons. The summed E-state index contributed by atoms with van der Waals surface area (Å²) in [6, 6.07) is 4.94. The van der Waals surface area contributed by atoms with Crippen molar-refractivity contribution in [3.63, 3.8) is 0 Å².